The summed E-state index contributed by atoms with van der Waals surface area (Å²) in [5.74, 6) is 1.61. The van der Waals surface area contributed by atoms with E-state index in [9.17, 15) is 4.79 Å². The zero-order chi connectivity index (χ0) is 12.4. The van der Waals surface area contributed by atoms with Crippen molar-refractivity contribution >= 4 is 5.97 Å². The van der Waals surface area contributed by atoms with Crippen LogP contribution >= 0.6 is 0 Å². The van der Waals surface area contributed by atoms with Gasteiger partial charge in [-0.1, -0.05) is 27.2 Å². The second-order valence-electron chi connectivity index (χ2n) is 5.67. The second-order valence-corrected chi connectivity index (χ2v) is 5.67. The fourth-order valence-corrected chi connectivity index (χ4v) is 2.87. The summed E-state index contributed by atoms with van der Waals surface area (Å²) in [5, 5.41) is 0. The van der Waals surface area contributed by atoms with Crippen molar-refractivity contribution in [2.24, 2.45) is 17.8 Å². The molecular weight excluding hydrogens is 216 g/mol. The highest BCUT2D eigenvalue weighted by Gasteiger charge is 2.34. The molecule has 0 N–H and O–H groups in total. The van der Waals surface area contributed by atoms with E-state index in [4.69, 9.17) is 9.47 Å². The Bertz CT molecular complexity index is 309. The molecular formula is C14H22O3. The molecule has 1 heterocycles. The Kier molecular flexibility index (Phi) is 3.87. The molecule has 2 aliphatic rings. The maximum Gasteiger partial charge on any atom is 0.333 e. The zero-order valence-corrected chi connectivity index (χ0v) is 10.9. The van der Waals surface area contributed by atoms with Gasteiger partial charge in [0, 0.05) is 6.08 Å². The molecule has 0 amide bonds. The molecule has 0 spiro atoms. The van der Waals surface area contributed by atoms with E-state index < -0.39 is 6.29 Å². The van der Waals surface area contributed by atoms with E-state index in [-0.39, 0.29) is 12.1 Å². The summed E-state index contributed by atoms with van der Waals surface area (Å²) in [6.07, 6.45) is 6.49. The van der Waals surface area contributed by atoms with E-state index >= 15 is 0 Å². The summed E-state index contributed by atoms with van der Waals surface area (Å²) < 4.78 is 11.0. The van der Waals surface area contributed by atoms with E-state index in [0.29, 0.717) is 17.8 Å². The van der Waals surface area contributed by atoms with E-state index in [0.717, 1.165) is 6.42 Å². The summed E-state index contributed by atoms with van der Waals surface area (Å²) in [5.41, 5.74) is 0. The van der Waals surface area contributed by atoms with Gasteiger partial charge in [-0.15, -0.1) is 0 Å². The molecule has 96 valence electrons. The van der Waals surface area contributed by atoms with Crippen LogP contribution in [0.15, 0.2) is 12.2 Å². The Balaban J connectivity index is 1.95. The molecule has 0 aromatic carbocycles. The van der Waals surface area contributed by atoms with Crippen LogP contribution in [0, 0.1) is 17.8 Å². The van der Waals surface area contributed by atoms with Crippen molar-refractivity contribution in [3.8, 4) is 0 Å². The Morgan fingerprint density at radius 2 is 2.18 bits per heavy atom. The molecule has 1 saturated carbocycles. The third-order valence-corrected chi connectivity index (χ3v) is 3.89. The molecule has 1 aliphatic carbocycles. The Morgan fingerprint density at radius 1 is 1.41 bits per heavy atom. The lowest BCUT2D eigenvalue weighted by Gasteiger charge is -2.37. The average Bonchev–Trinajstić information content (AvgIpc) is 2.63. The minimum absolute atomic E-state index is 0.222. The summed E-state index contributed by atoms with van der Waals surface area (Å²) in [6.45, 7) is 6.75. The number of carbonyl (C=O) groups is 1. The molecule has 0 bridgehead atoms. The number of ether oxygens (including phenoxy) is 2. The molecule has 0 unspecified atom stereocenters. The Labute approximate surface area is 103 Å². The molecule has 0 radical (unpaired) electrons. The van der Waals surface area contributed by atoms with Crippen molar-refractivity contribution in [1.29, 1.82) is 0 Å². The SMILES string of the molecule is CC(C)[C@H]1CC[C@@H](C)C[C@H]1O[C@H]1C=CC(=O)O1. The van der Waals surface area contributed by atoms with E-state index in [1.807, 2.05) is 0 Å². The van der Waals surface area contributed by atoms with Gasteiger partial charge in [0.2, 0.25) is 6.29 Å². The van der Waals surface area contributed by atoms with Crippen LogP contribution in [0.1, 0.15) is 40.0 Å². The molecule has 2 rings (SSSR count). The fourth-order valence-electron chi connectivity index (χ4n) is 2.87. The first-order chi connectivity index (χ1) is 8.06. The highest BCUT2D eigenvalue weighted by Crippen LogP contribution is 2.36. The molecule has 0 saturated heterocycles. The first kappa shape index (κ1) is 12.6. The molecule has 1 fully saturated rings. The van der Waals surface area contributed by atoms with Gasteiger partial charge in [0.05, 0.1) is 6.10 Å². The van der Waals surface area contributed by atoms with Gasteiger partial charge >= 0.3 is 5.97 Å². The number of esters is 1. The molecule has 3 heteroatoms. The van der Waals surface area contributed by atoms with E-state index in [1.54, 1.807) is 6.08 Å². The largest absolute Gasteiger partial charge is 0.429 e. The normalized spacial score (nSPS) is 37.5. The van der Waals surface area contributed by atoms with Crippen molar-refractivity contribution in [2.75, 3.05) is 0 Å². The van der Waals surface area contributed by atoms with Gasteiger partial charge in [-0.25, -0.2) is 4.79 Å². The van der Waals surface area contributed by atoms with Crippen LogP contribution in [-0.4, -0.2) is 18.4 Å². The van der Waals surface area contributed by atoms with Crippen molar-refractivity contribution in [1.82, 2.24) is 0 Å². The lowest BCUT2D eigenvalue weighted by Crippen LogP contribution is -2.36. The molecule has 3 nitrogen and oxygen atoms in total. The number of hydrogen-bond acceptors (Lipinski definition) is 3. The second kappa shape index (κ2) is 5.21. The van der Waals surface area contributed by atoms with Gasteiger partial charge in [-0.05, 0) is 36.7 Å². The zero-order valence-electron chi connectivity index (χ0n) is 10.9. The lowest BCUT2D eigenvalue weighted by molar-refractivity contribution is -0.178. The highest BCUT2D eigenvalue weighted by molar-refractivity contribution is 5.84. The fraction of sp³-hybridized carbons (Fsp3) is 0.786. The Morgan fingerprint density at radius 3 is 2.76 bits per heavy atom. The van der Waals surface area contributed by atoms with Crippen LogP contribution in [0.4, 0.5) is 0 Å². The summed E-state index contributed by atoms with van der Waals surface area (Å²) in [4.78, 5) is 11.0. The van der Waals surface area contributed by atoms with Crippen LogP contribution in [0.3, 0.4) is 0 Å². The van der Waals surface area contributed by atoms with Gasteiger partial charge in [-0.3, -0.25) is 0 Å². The third-order valence-electron chi connectivity index (χ3n) is 3.89. The quantitative estimate of drug-likeness (QED) is 0.709. The summed E-state index contributed by atoms with van der Waals surface area (Å²) in [6, 6.07) is 0. The van der Waals surface area contributed by atoms with Gasteiger partial charge in [0.1, 0.15) is 0 Å². The van der Waals surface area contributed by atoms with Crippen LogP contribution in [0.25, 0.3) is 0 Å². The molecule has 0 aromatic heterocycles. The van der Waals surface area contributed by atoms with Crippen molar-refractivity contribution in [2.45, 2.75) is 52.4 Å². The van der Waals surface area contributed by atoms with Crippen LogP contribution < -0.4 is 0 Å². The van der Waals surface area contributed by atoms with Gasteiger partial charge in [0.25, 0.3) is 0 Å². The minimum Gasteiger partial charge on any atom is -0.429 e. The molecule has 1 aliphatic heterocycles. The van der Waals surface area contributed by atoms with Crippen molar-refractivity contribution in [3.05, 3.63) is 12.2 Å². The number of hydrogen-bond donors (Lipinski definition) is 0. The maximum absolute atomic E-state index is 11.0. The van der Waals surface area contributed by atoms with Gasteiger partial charge in [-0.2, -0.15) is 0 Å². The average molecular weight is 238 g/mol. The summed E-state index contributed by atoms with van der Waals surface area (Å²) in [7, 11) is 0. The Hall–Kier alpha value is -0.830. The van der Waals surface area contributed by atoms with Crippen LogP contribution in [-0.2, 0) is 14.3 Å². The topological polar surface area (TPSA) is 35.5 Å². The molecule has 17 heavy (non-hydrogen) atoms. The van der Waals surface area contributed by atoms with E-state index in [1.165, 1.54) is 18.9 Å². The monoisotopic (exact) mass is 238 g/mol. The number of cyclic esters (lactones) is 1. The molecule has 0 aromatic rings. The minimum atomic E-state index is -0.459. The lowest BCUT2D eigenvalue weighted by atomic mass is 9.75. The van der Waals surface area contributed by atoms with Crippen LogP contribution in [0.2, 0.25) is 0 Å². The smallest absolute Gasteiger partial charge is 0.333 e. The molecule has 4 atom stereocenters. The third kappa shape index (κ3) is 3.09. The maximum atomic E-state index is 11.0. The number of carbonyl (C=O) groups excluding carboxylic acids is 1. The van der Waals surface area contributed by atoms with Gasteiger partial charge in [0.15, 0.2) is 0 Å². The van der Waals surface area contributed by atoms with Crippen molar-refractivity contribution < 1.29 is 14.3 Å². The van der Waals surface area contributed by atoms with Gasteiger partial charge < -0.3 is 9.47 Å². The van der Waals surface area contributed by atoms with E-state index in [2.05, 4.69) is 20.8 Å². The first-order valence-corrected chi connectivity index (χ1v) is 6.60. The van der Waals surface area contributed by atoms with Crippen molar-refractivity contribution in [3.63, 3.8) is 0 Å². The highest BCUT2D eigenvalue weighted by atomic mass is 16.7. The predicted octanol–water partition coefficient (Wildman–Crippen LogP) is 2.90. The number of rotatable bonds is 3. The van der Waals surface area contributed by atoms with Crippen LogP contribution in [0.5, 0.6) is 0 Å². The predicted molar refractivity (Wildman–Crippen MR) is 65.2 cm³/mol. The summed E-state index contributed by atoms with van der Waals surface area (Å²) >= 11 is 0. The standard InChI is InChI=1S/C14H22O3/c1-9(2)11-5-4-10(3)8-12(11)16-14-7-6-13(15)17-14/h6-7,9-12,14H,4-5,8H2,1-3H3/t10-,11-,12-,14-/m1/s1. The first-order valence-electron chi connectivity index (χ1n) is 6.60.